The summed E-state index contributed by atoms with van der Waals surface area (Å²) >= 11 is 0. The molecule has 5 atom stereocenters. The number of amides is 4. The van der Waals surface area contributed by atoms with E-state index in [-0.39, 0.29) is 37.4 Å². The number of nitrogens with one attached hydrogen (secondary N) is 4. The number of hydrogen-bond acceptors (Lipinski definition) is 8. The van der Waals surface area contributed by atoms with Gasteiger partial charge in [0.2, 0.25) is 23.6 Å². The van der Waals surface area contributed by atoms with E-state index in [9.17, 15) is 34.2 Å². The number of phenols is 1. The molecule has 0 bridgehead atoms. The highest BCUT2D eigenvalue weighted by atomic mass is 16.4. The third-order valence-electron chi connectivity index (χ3n) is 6.43. The summed E-state index contributed by atoms with van der Waals surface area (Å²) < 4.78 is 0. The van der Waals surface area contributed by atoms with Crippen molar-refractivity contribution in [2.24, 2.45) is 17.4 Å². The molecular formula is C26H37N7O7. The van der Waals surface area contributed by atoms with E-state index in [2.05, 4.69) is 25.9 Å². The molecule has 4 amide bonds. The summed E-state index contributed by atoms with van der Waals surface area (Å²) in [5.74, 6) is -4.51. The van der Waals surface area contributed by atoms with Gasteiger partial charge in [-0.3, -0.25) is 19.2 Å². The summed E-state index contributed by atoms with van der Waals surface area (Å²) in [6.45, 7) is 3.59. The predicted octanol–water partition coefficient (Wildman–Crippen LogP) is -0.922. The first-order valence-electron chi connectivity index (χ1n) is 12.8. The third-order valence-corrected chi connectivity index (χ3v) is 6.43. The van der Waals surface area contributed by atoms with Gasteiger partial charge >= 0.3 is 5.97 Å². The molecule has 0 fully saturated rings. The van der Waals surface area contributed by atoms with Crippen LogP contribution in [0.25, 0.3) is 0 Å². The summed E-state index contributed by atoms with van der Waals surface area (Å²) in [6.07, 6.45) is 3.10. The largest absolute Gasteiger partial charge is 0.508 e. The number of phenolic OH excluding ortho intramolecular Hbond substituents is 1. The quantitative estimate of drug-likeness (QED) is 0.127. The first kappa shape index (κ1) is 31.8. The van der Waals surface area contributed by atoms with Crippen molar-refractivity contribution >= 4 is 29.6 Å². The highest BCUT2D eigenvalue weighted by Gasteiger charge is 2.32. The van der Waals surface area contributed by atoms with Crippen molar-refractivity contribution in [3.63, 3.8) is 0 Å². The molecule has 0 aliphatic rings. The zero-order chi connectivity index (χ0) is 29.8. The molecule has 10 N–H and O–H groups in total. The molecule has 0 spiro atoms. The Kier molecular flexibility index (Phi) is 12.1. The minimum Gasteiger partial charge on any atom is -0.508 e. The minimum absolute atomic E-state index is 0.00260. The summed E-state index contributed by atoms with van der Waals surface area (Å²) in [4.78, 5) is 69.0. The second kappa shape index (κ2) is 15.2. The van der Waals surface area contributed by atoms with Crippen LogP contribution in [0.1, 0.15) is 44.4 Å². The molecule has 0 saturated carbocycles. The Balaban J connectivity index is 2.23. The maximum atomic E-state index is 13.4. The van der Waals surface area contributed by atoms with Crippen molar-refractivity contribution in [3.8, 4) is 5.75 Å². The molecule has 1 aromatic carbocycles. The minimum atomic E-state index is -1.43. The van der Waals surface area contributed by atoms with Gasteiger partial charge in [-0.05, 0) is 30.0 Å². The van der Waals surface area contributed by atoms with Crippen molar-refractivity contribution < 1.29 is 34.2 Å². The fraction of sp³-hybridized carbons (Fsp3) is 0.462. The smallest absolute Gasteiger partial charge is 0.326 e. The lowest BCUT2D eigenvalue weighted by atomic mass is 9.96. The number of carbonyl (C=O) groups excluding carboxylic acids is 4. The van der Waals surface area contributed by atoms with Gasteiger partial charge < -0.3 is 42.6 Å². The van der Waals surface area contributed by atoms with Crippen LogP contribution in [0.3, 0.4) is 0 Å². The summed E-state index contributed by atoms with van der Waals surface area (Å²) in [7, 11) is 0. The molecule has 218 valence electrons. The average molecular weight is 560 g/mol. The third kappa shape index (κ3) is 10.0. The van der Waals surface area contributed by atoms with Gasteiger partial charge in [-0.15, -0.1) is 0 Å². The Morgan fingerprint density at radius 1 is 0.975 bits per heavy atom. The highest BCUT2D eigenvalue weighted by Crippen LogP contribution is 2.14. The van der Waals surface area contributed by atoms with E-state index >= 15 is 0 Å². The topological polar surface area (TPSA) is 243 Å². The molecule has 1 heterocycles. The number of aromatic hydroxyl groups is 1. The second-order valence-corrected chi connectivity index (χ2v) is 9.60. The van der Waals surface area contributed by atoms with Crippen LogP contribution < -0.4 is 27.4 Å². The number of imidazole rings is 1. The average Bonchev–Trinajstić information content (AvgIpc) is 3.42. The van der Waals surface area contributed by atoms with E-state index in [1.165, 1.54) is 24.7 Å². The van der Waals surface area contributed by atoms with Crippen molar-refractivity contribution in [3.05, 3.63) is 48.0 Å². The van der Waals surface area contributed by atoms with Gasteiger partial charge in [0.25, 0.3) is 0 Å². The monoisotopic (exact) mass is 559 g/mol. The van der Waals surface area contributed by atoms with E-state index in [1.807, 2.05) is 6.92 Å². The Labute approximate surface area is 231 Å². The van der Waals surface area contributed by atoms with Crippen molar-refractivity contribution in [1.82, 2.24) is 25.9 Å². The van der Waals surface area contributed by atoms with Gasteiger partial charge in [0.05, 0.1) is 12.4 Å². The summed E-state index contributed by atoms with van der Waals surface area (Å²) in [5, 5.41) is 26.7. The Bertz CT molecular complexity index is 1150. The van der Waals surface area contributed by atoms with Crippen LogP contribution in [0.15, 0.2) is 36.8 Å². The number of benzene rings is 1. The summed E-state index contributed by atoms with van der Waals surface area (Å²) in [5.41, 5.74) is 12.3. The van der Waals surface area contributed by atoms with E-state index in [0.29, 0.717) is 17.7 Å². The van der Waals surface area contributed by atoms with Crippen molar-refractivity contribution in [1.29, 1.82) is 0 Å². The van der Waals surface area contributed by atoms with Gasteiger partial charge in [-0.2, -0.15) is 0 Å². The maximum absolute atomic E-state index is 13.4. The number of hydrogen-bond donors (Lipinski definition) is 8. The number of H-pyrrole nitrogens is 1. The van der Waals surface area contributed by atoms with E-state index in [4.69, 9.17) is 11.5 Å². The molecule has 0 saturated heterocycles. The zero-order valence-electron chi connectivity index (χ0n) is 22.4. The number of rotatable bonds is 16. The molecule has 14 heteroatoms. The van der Waals surface area contributed by atoms with Gasteiger partial charge in [0.15, 0.2) is 0 Å². The highest BCUT2D eigenvalue weighted by molar-refractivity contribution is 5.94. The zero-order valence-corrected chi connectivity index (χ0v) is 22.4. The Hall–Kier alpha value is -4.46. The van der Waals surface area contributed by atoms with Gasteiger partial charge in [0, 0.05) is 31.2 Å². The van der Waals surface area contributed by atoms with Crippen LogP contribution in [0.5, 0.6) is 5.75 Å². The number of nitrogens with zero attached hydrogens (tertiary/aromatic N) is 1. The number of carboxylic acid groups (broad SMARTS) is 1. The molecule has 0 radical (unpaired) electrons. The van der Waals surface area contributed by atoms with Crippen LogP contribution in [-0.4, -0.2) is 73.9 Å². The van der Waals surface area contributed by atoms with Crippen molar-refractivity contribution in [2.75, 3.05) is 0 Å². The molecule has 0 aliphatic carbocycles. The van der Waals surface area contributed by atoms with Crippen LogP contribution in [0.4, 0.5) is 0 Å². The van der Waals surface area contributed by atoms with Crippen LogP contribution in [0.2, 0.25) is 0 Å². The number of aromatic amines is 1. The van der Waals surface area contributed by atoms with Gasteiger partial charge in [0.1, 0.15) is 23.9 Å². The number of nitrogens with two attached hydrogens (primary N) is 2. The maximum Gasteiger partial charge on any atom is 0.326 e. The SMILES string of the molecule is CCC(C)C(NC(=O)C(N)Cc1cnc[nH]1)C(=O)NC(Cc1ccc(O)cc1)C(=O)NC(CCC(N)=O)C(=O)O. The van der Waals surface area contributed by atoms with Gasteiger partial charge in [-0.25, -0.2) is 9.78 Å². The molecular weight excluding hydrogens is 522 g/mol. The number of primary amides is 1. The number of aromatic nitrogens is 2. The predicted molar refractivity (Wildman–Crippen MR) is 143 cm³/mol. The summed E-state index contributed by atoms with van der Waals surface area (Å²) in [6, 6.07) is 1.20. The van der Waals surface area contributed by atoms with Crippen LogP contribution in [0, 0.1) is 5.92 Å². The standard InChI is InChI=1S/C26H37N7O7/c1-3-14(2)22(33-23(36)18(27)11-16-12-29-13-30-16)25(38)32-20(10-15-4-6-17(34)7-5-15)24(37)31-19(26(39)40)8-9-21(28)35/h4-7,12-14,18-20,22,34H,3,8-11,27H2,1-2H3,(H2,28,35)(H,29,30)(H,31,37)(H,32,38)(H,33,36)(H,39,40). The number of carbonyl (C=O) groups is 5. The number of carboxylic acids is 1. The van der Waals surface area contributed by atoms with E-state index in [1.54, 1.807) is 19.1 Å². The molecule has 14 nitrogen and oxygen atoms in total. The van der Waals surface area contributed by atoms with E-state index in [0.717, 1.165) is 0 Å². The fourth-order valence-electron chi connectivity index (χ4n) is 3.84. The van der Waals surface area contributed by atoms with Gasteiger partial charge in [-0.1, -0.05) is 32.4 Å². The molecule has 2 aromatic rings. The van der Waals surface area contributed by atoms with Crippen LogP contribution >= 0.6 is 0 Å². The molecule has 2 rings (SSSR count). The van der Waals surface area contributed by atoms with Crippen LogP contribution in [-0.2, 0) is 36.8 Å². The van der Waals surface area contributed by atoms with Crippen molar-refractivity contribution in [2.45, 2.75) is 70.1 Å². The molecule has 0 aliphatic heterocycles. The van der Waals surface area contributed by atoms with E-state index < -0.39 is 53.8 Å². The molecule has 40 heavy (non-hydrogen) atoms. The fourth-order valence-corrected chi connectivity index (χ4v) is 3.84. The first-order chi connectivity index (χ1) is 18.9. The molecule has 1 aromatic heterocycles. The number of aliphatic carboxylic acids is 1. The first-order valence-corrected chi connectivity index (χ1v) is 12.8. The molecule has 5 unspecified atom stereocenters. The Morgan fingerprint density at radius 3 is 2.17 bits per heavy atom. The lowest BCUT2D eigenvalue weighted by molar-refractivity contribution is -0.142. The second-order valence-electron chi connectivity index (χ2n) is 9.60. The normalized spacial score (nSPS) is 14.7. The lowest BCUT2D eigenvalue weighted by Crippen LogP contribution is -2.59. The lowest BCUT2D eigenvalue weighted by Gasteiger charge is -2.28. The Morgan fingerprint density at radius 2 is 1.62 bits per heavy atom.